The SMILES string of the molecule is CCC(CC)Oc1ccc2c(C#N)c(-c3ccc(N4CCCS4(=O)=O)cc3)n(CC)c2c1. The fraction of sp³-hybridized carbons (Fsp3) is 0.400. The third-order valence-corrected chi connectivity index (χ3v) is 8.08. The van der Waals surface area contributed by atoms with Gasteiger partial charge in [0.25, 0.3) is 0 Å². The van der Waals surface area contributed by atoms with Crippen LogP contribution in [-0.4, -0.2) is 31.4 Å². The topological polar surface area (TPSA) is 75.3 Å². The van der Waals surface area contributed by atoms with Crippen LogP contribution in [0.3, 0.4) is 0 Å². The summed E-state index contributed by atoms with van der Waals surface area (Å²) in [5.74, 6) is 1.00. The molecule has 0 amide bonds. The molecule has 168 valence electrons. The number of anilines is 1. The predicted octanol–water partition coefficient (Wildman–Crippen LogP) is 5.31. The number of hydrogen-bond donors (Lipinski definition) is 0. The van der Waals surface area contributed by atoms with Crippen LogP contribution in [0.5, 0.6) is 5.75 Å². The molecule has 0 unspecified atom stereocenters. The van der Waals surface area contributed by atoms with Crippen LogP contribution in [0.25, 0.3) is 22.2 Å². The number of nitrogens with zero attached hydrogens (tertiary/aromatic N) is 3. The van der Waals surface area contributed by atoms with Crippen LogP contribution in [0.4, 0.5) is 5.69 Å². The van der Waals surface area contributed by atoms with Gasteiger partial charge >= 0.3 is 0 Å². The minimum atomic E-state index is -3.22. The first-order valence-corrected chi connectivity index (χ1v) is 12.9. The smallest absolute Gasteiger partial charge is 0.235 e. The molecular formula is C25H29N3O3S. The van der Waals surface area contributed by atoms with Crippen LogP contribution in [-0.2, 0) is 16.6 Å². The van der Waals surface area contributed by atoms with Crippen LogP contribution in [0.15, 0.2) is 42.5 Å². The van der Waals surface area contributed by atoms with Crippen molar-refractivity contribution in [3.63, 3.8) is 0 Å². The summed E-state index contributed by atoms with van der Waals surface area (Å²) in [6.07, 6.45) is 2.70. The summed E-state index contributed by atoms with van der Waals surface area (Å²) in [5.41, 5.74) is 4.00. The maximum atomic E-state index is 12.3. The summed E-state index contributed by atoms with van der Waals surface area (Å²) in [5, 5.41) is 10.9. The average molecular weight is 452 g/mol. The van der Waals surface area contributed by atoms with Crippen molar-refractivity contribution in [1.82, 2.24) is 4.57 Å². The number of fused-ring (bicyclic) bond motifs is 1. The van der Waals surface area contributed by atoms with Gasteiger partial charge in [-0.05, 0) is 56.0 Å². The second kappa shape index (κ2) is 8.87. The van der Waals surface area contributed by atoms with E-state index in [-0.39, 0.29) is 11.9 Å². The molecule has 0 N–H and O–H groups in total. The first-order valence-electron chi connectivity index (χ1n) is 11.3. The number of hydrogen-bond acceptors (Lipinski definition) is 4. The molecule has 7 heteroatoms. The van der Waals surface area contributed by atoms with Crippen molar-refractivity contribution in [1.29, 1.82) is 5.26 Å². The molecule has 1 aromatic heterocycles. The minimum absolute atomic E-state index is 0.168. The Bertz CT molecular complexity index is 1270. The molecule has 32 heavy (non-hydrogen) atoms. The Morgan fingerprint density at radius 1 is 1.09 bits per heavy atom. The zero-order valence-electron chi connectivity index (χ0n) is 18.8. The molecular weight excluding hydrogens is 422 g/mol. The lowest BCUT2D eigenvalue weighted by molar-refractivity contribution is 0.193. The zero-order chi connectivity index (χ0) is 22.9. The van der Waals surface area contributed by atoms with E-state index in [1.54, 1.807) is 0 Å². The molecule has 1 aliphatic rings. The molecule has 0 bridgehead atoms. The molecule has 1 fully saturated rings. The minimum Gasteiger partial charge on any atom is -0.490 e. The maximum absolute atomic E-state index is 12.3. The van der Waals surface area contributed by atoms with Crippen molar-refractivity contribution < 1.29 is 13.2 Å². The van der Waals surface area contributed by atoms with E-state index >= 15 is 0 Å². The number of rotatable bonds is 7. The number of aromatic nitrogens is 1. The first-order chi connectivity index (χ1) is 15.4. The van der Waals surface area contributed by atoms with Crippen LogP contribution in [0, 0.1) is 11.3 Å². The molecule has 6 nitrogen and oxygen atoms in total. The quantitative estimate of drug-likeness (QED) is 0.488. The monoisotopic (exact) mass is 451 g/mol. The van der Waals surface area contributed by atoms with Crippen molar-refractivity contribution in [2.45, 2.75) is 52.7 Å². The molecule has 0 atom stereocenters. The normalized spacial score (nSPS) is 15.4. The summed E-state index contributed by atoms with van der Waals surface area (Å²) in [6.45, 7) is 7.50. The molecule has 2 aromatic carbocycles. The Morgan fingerprint density at radius 2 is 1.81 bits per heavy atom. The van der Waals surface area contributed by atoms with Crippen molar-refractivity contribution in [3.05, 3.63) is 48.0 Å². The van der Waals surface area contributed by atoms with E-state index in [9.17, 15) is 13.7 Å². The molecule has 3 aromatic rings. The van der Waals surface area contributed by atoms with Gasteiger partial charge in [0.1, 0.15) is 11.8 Å². The molecule has 0 aliphatic carbocycles. The molecule has 2 heterocycles. The first kappa shape index (κ1) is 22.2. The highest BCUT2D eigenvalue weighted by molar-refractivity contribution is 7.93. The average Bonchev–Trinajstić information content (AvgIpc) is 3.32. The van der Waals surface area contributed by atoms with Gasteiger partial charge in [-0.15, -0.1) is 0 Å². The predicted molar refractivity (Wildman–Crippen MR) is 129 cm³/mol. The third kappa shape index (κ3) is 3.84. The van der Waals surface area contributed by atoms with Gasteiger partial charge in [0, 0.05) is 24.5 Å². The van der Waals surface area contributed by atoms with Crippen molar-refractivity contribution in [3.8, 4) is 23.1 Å². The van der Waals surface area contributed by atoms with Gasteiger partial charge in [0.2, 0.25) is 10.0 Å². The zero-order valence-corrected chi connectivity index (χ0v) is 19.7. The highest BCUT2D eigenvalue weighted by Gasteiger charge is 2.28. The lowest BCUT2D eigenvalue weighted by Crippen LogP contribution is -2.24. The van der Waals surface area contributed by atoms with E-state index in [1.807, 2.05) is 42.5 Å². The van der Waals surface area contributed by atoms with Gasteiger partial charge < -0.3 is 9.30 Å². The number of benzene rings is 2. The molecule has 1 saturated heterocycles. The Kier molecular flexibility index (Phi) is 6.16. The van der Waals surface area contributed by atoms with E-state index in [1.165, 1.54) is 4.31 Å². The van der Waals surface area contributed by atoms with Gasteiger partial charge in [-0.1, -0.05) is 26.0 Å². The van der Waals surface area contributed by atoms with Crippen LogP contribution < -0.4 is 9.04 Å². The third-order valence-electron chi connectivity index (χ3n) is 6.21. The summed E-state index contributed by atoms with van der Waals surface area (Å²) in [7, 11) is -3.22. The largest absolute Gasteiger partial charge is 0.490 e. The summed E-state index contributed by atoms with van der Waals surface area (Å²) in [4.78, 5) is 0. The van der Waals surface area contributed by atoms with E-state index in [0.717, 1.165) is 40.8 Å². The number of sulfonamides is 1. The van der Waals surface area contributed by atoms with Crippen LogP contribution in [0.2, 0.25) is 0 Å². The summed E-state index contributed by atoms with van der Waals surface area (Å²) in [6, 6.07) is 15.8. The maximum Gasteiger partial charge on any atom is 0.235 e. The van der Waals surface area contributed by atoms with E-state index in [0.29, 0.717) is 30.8 Å². The summed E-state index contributed by atoms with van der Waals surface area (Å²) < 4.78 is 34.3. The van der Waals surface area contributed by atoms with Gasteiger partial charge in [-0.3, -0.25) is 4.31 Å². The second-order valence-electron chi connectivity index (χ2n) is 8.10. The molecule has 0 saturated carbocycles. The molecule has 0 spiro atoms. The highest BCUT2D eigenvalue weighted by atomic mass is 32.2. The van der Waals surface area contributed by atoms with Crippen molar-refractivity contribution in [2.24, 2.45) is 0 Å². The van der Waals surface area contributed by atoms with Crippen LogP contribution in [0.1, 0.15) is 45.6 Å². The van der Waals surface area contributed by atoms with Crippen molar-refractivity contribution in [2.75, 3.05) is 16.6 Å². The Morgan fingerprint density at radius 3 is 2.38 bits per heavy atom. The van der Waals surface area contributed by atoms with E-state index in [4.69, 9.17) is 4.74 Å². The standard InChI is InChI=1S/C25H29N3O3S/c1-4-20(5-2)31-21-12-13-22-23(17-26)25(27(6-3)24(22)16-21)18-8-10-19(11-9-18)28-14-7-15-32(28,29)30/h8-13,16,20H,4-7,14-15H2,1-3H3. The van der Waals surface area contributed by atoms with Gasteiger partial charge in [0.05, 0.1) is 34.3 Å². The lowest BCUT2D eigenvalue weighted by atomic mass is 10.1. The molecule has 0 radical (unpaired) electrons. The second-order valence-corrected chi connectivity index (χ2v) is 10.1. The highest BCUT2D eigenvalue weighted by Crippen LogP contribution is 2.36. The van der Waals surface area contributed by atoms with E-state index < -0.39 is 10.0 Å². The number of aryl methyl sites for hydroxylation is 1. The van der Waals surface area contributed by atoms with Gasteiger partial charge in [-0.25, -0.2) is 8.42 Å². The molecule has 1 aliphatic heterocycles. The number of nitriles is 1. The number of ether oxygens (including phenoxy) is 1. The van der Waals surface area contributed by atoms with Gasteiger partial charge in [0.15, 0.2) is 0 Å². The summed E-state index contributed by atoms with van der Waals surface area (Å²) >= 11 is 0. The lowest BCUT2D eigenvalue weighted by Gasteiger charge is -2.17. The Hall–Kier alpha value is -2.98. The van der Waals surface area contributed by atoms with E-state index in [2.05, 4.69) is 31.4 Å². The Balaban J connectivity index is 1.79. The Labute approximate surface area is 190 Å². The van der Waals surface area contributed by atoms with Crippen LogP contribution >= 0.6 is 0 Å². The molecule has 4 rings (SSSR count). The fourth-order valence-electron chi connectivity index (χ4n) is 4.51. The van der Waals surface area contributed by atoms with Crippen molar-refractivity contribution >= 4 is 26.6 Å². The fourth-order valence-corrected chi connectivity index (χ4v) is 6.07. The van der Waals surface area contributed by atoms with Gasteiger partial charge in [-0.2, -0.15) is 5.26 Å².